The van der Waals surface area contributed by atoms with E-state index in [1.807, 2.05) is 36.2 Å². The van der Waals surface area contributed by atoms with Gasteiger partial charge in [-0.1, -0.05) is 43.3 Å². The van der Waals surface area contributed by atoms with E-state index in [0.717, 1.165) is 28.5 Å². The number of hydrogen-bond acceptors (Lipinski definition) is 8. The summed E-state index contributed by atoms with van der Waals surface area (Å²) < 4.78 is 2.81. The Labute approximate surface area is 214 Å². The number of unbranched alkanes of at least 4 members (excludes halogenated alkanes) is 1. The van der Waals surface area contributed by atoms with Crippen LogP contribution >= 0.6 is 23.1 Å². The number of aromatic nitrogens is 1. The van der Waals surface area contributed by atoms with E-state index in [1.54, 1.807) is 29.3 Å². The molecule has 9 nitrogen and oxygen atoms in total. The molecule has 5 rings (SSSR count). The minimum absolute atomic E-state index is 0.128. The van der Waals surface area contributed by atoms with Gasteiger partial charge in [-0.2, -0.15) is 10.1 Å². The van der Waals surface area contributed by atoms with E-state index in [9.17, 15) is 19.7 Å². The van der Waals surface area contributed by atoms with Gasteiger partial charge in [-0.3, -0.25) is 24.3 Å². The van der Waals surface area contributed by atoms with Crippen LogP contribution in [0.1, 0.15) is 26.7 Å². The number of thioether (sulfide) groups is 1. The van der Waals surface area contributed by atoms with Gasteiger partial charge in [0.15, 0.2) is 0 Å². The molecule has 0 saturated heterocycles. The third kappa shape index (κ3) is 3.94. The summed E-state index contributed by atoms with van der Waals surface area (Å²) in [7, 11) is 1.94. The lowest BCUT2D eigenvalue weighted by molar-refractivity contribution is -0.384. The zero-order valence-corrected chi connectivity index (χ0v) is 21.6. The number of benzene rings is 2. The minimum atomic E-state index is -0.510. The lowest BCUT2D eigenvalue weighted by Gasteiger charge is -2.11. The number of thiazole rings is 1. The molecule has 0 aliphatic carbocycles. The Bertz CT molecular complexity index is 1620. The second-order valence-corrected chi connectivity index (χ2v) is 10.5. The number of hydrogen-bond donors (Lipinski definition) is 0. The van der Waals surface area contributed by atoms with E-state index in [4.69, 9.17) is 0 Å². The number of rotatable bonds is 5. The fraction of sp³-hybridized carbons (Fsp3) is 0.240. The normalized spacial score (nSPS) is 18.1. The number of non-ortho nitro benzene ring substituents is 1. The zero-order valence-electron chi connectivity index (χ0n) is 19.9. The van der Waals surface area contributed by atoms with E-state index in [1.165, 1.54) is 34.5 Å². The molecule has 0 fully saturated rings. The third-order valence-electron chi connectivity index (χ3n) is 6.07. The number of amides is 1. The molecule has 1 amide bonds. The summed E-state index contributed by atoms with van der Waals surface area (Å²) in [5.74, 6) is -0.410. The maximum atomic E-state index is 13.7. The van der Waals surface area contributed by atoms with Gasteiger partial charge in [-0.15, -0.1) is 11.3 Å². The average Bonchev–Trinajstić information content (AvgIpc) is 3.48. The molecule has 0 atom stereocenters. The van der Waals surface area contributed by atoms with Gasteiger partial charge in [-0.25, -0.2) is 0 Å². The summed E-state index contributed by atoms with van der Waals surface area (Å²) in [6, 6.07) is 13.8. The summed E-state index contributed by atoms with van der Waals surface area (Å²) in [5.41, 5.74) is 1.88. The van der Waals surface area contributed by atoms with Crippen LogP contribution in [0.4, 0.5) is 17.1 Å². The fourth-order valence-corrected chi connectivity index (χ4v) is 6.78. The highest BCUT2D eigenvalue weighted by atomic mass is 32.2. The number of para-hydroxylation sites is 1. The SMILES string of the molecule is CCCCn1c(=C2C(=O)N(c3cccc([N+](=O)[O-])c3)N=C2C)sc(=C2Sc3ccccc3N2C)c1=O. The lowest BCUT2D eigenvalue weighted by atomic mass is 10.2. The molecule has 11 heteroatoms. The number of anilines is 2. The molecule has 184 valence electrons. The van der Waals surface area contributed by atoms with Gasteiger partial charge in [0.2, 0.25) is 0 Å². The molecular formula is C25H23N5O4S2. The fourth-order valence-electron chi connectivity index (χ4n) is 4.22. The van der Waals surface area contributed by atoms with E-state index in [2.05, 4.69) is 12.0 Å². The largest absolute Gasteiger partial charge is 0.337 e. The number of nitro groups is 1. The van der Waals surface area contributed by atoms with Gasteiger partial charge in [-0.05, 0) is 31.5 Å². The molecule has 2 aromatic carbocycles. The summed E-state index contributed by atoms with van der Waals surface area (Å²) in [4.78, 5) is 41.1. The van der Waals surface area contributed by atoms with Crippen molar-refractivity contribution in [1.29, 1.82) is 0 Å². The lowest BCUT2D eigenvalue weighted by Crippen LogP contribution is -2.35. The Morgan fingerprint density at radius 2 is 1.89 bits per heavy atom. The van der Waals surface area contributed by atoms with Crippen LogP contribution in [0, 0.1) is 10.1 Å². The number of hydrazone groups is 1. The van der Waals surface area contributed by atoms with Crippen LogP contribution < -0.4 is 24.7 Å². The molecule has 0 unspecified atom stereocenters. The van der Waals surface area contributed by atoms with Crippen molar-refractivity contribution < 1.29 is 9.72 Å². The van der Waals surface area contributed by atoms with Crippen molar-refractivity contribution in [3.63, 3.8) is 0 Å². The van der Waals surface area contributed by atoms with Crippen molar-refractivity contribution >= 4 is 62.4 Å². The van der Waals surface area contributed by atoms with Crippen molar-refractivity contribution in [2.75, 3.05) is 17.0 Å². The van der Waals surface area contributed by atoms with Crippen molar-refractivity contribution in [3.8, 4) is 0 Å². The predicted octanol–water partition coefficient (Wildman–Crippen LogP) is 3.50. The van der Waals surface area contributed by atoms with Crippen LogP contribution in [0.2, 0.25) is 0 Å². The second kappa shape index (κ2) is 9.40. The molecular weight excluding hydrogens is 498 g/mol. The van der Waals surface area contributed by atoms with Crippen LogP contribution in [0.15, 0.2) is 63.3 Å². The third-order valence-corrected chi connectivity index (χ3v) is 8.62. The first kappa shape index (κ1) is 24.0. The van der Waals surface area contributed by atoms with Gasteiger partial charge in [0.1, 0.15) is 14.2 Å². The number of nitro benzene ring substituents is 1. The van der Waals surface area contributed by atoms with Crippen LogP contribution in [0.25, 0.3) is 10.6 Å². The number of carbonyl (C=O) groups excluding carboxylic acids is 1. The van der Waals surface area contributed by atoms with E-state index >= 15 is 0 Å². The molecule has 0 radical (unpaired) electrons. The first-order valence-electron chi connectivity index (χ1n) is 11.4. The molecule has 0 N–H and O–H groups in total. The van der Waals surface area contributed by atoms with Crippen LogP contribution in [0.5, 0.6) is 0 Å². The Balaban J connectivity index is 1.70. The smallest absolute Gasteiger partial charge is 0.283 e. The highest BCUT2D eigenvalue weighted by Crippen LogP contribution is 2.45. The number of fused-ring (bicyclic) bond motifs is 1. The second-order valence-electron chi connectivity index (χ2n) is 8.43. The topological polar surface area (TPSA) is 101 Å². The van der Waals surface area contributed by atoms with E-state index in [-0.39, 0.29) is 11.2 Å². The standard InChI is InChI=1S/C25H23N5O4S2/c1-4-5-13-28-23(32)21(25-27(3)18-11-6-7-12-19(18)35-25)36-24(28)20-15(2)26-29(22(20)31)16-9-8-10-17(14-16)30(33)34/h6-12,14H,4-5,13H2,1-3H3. The Hall–Kier alpha value is -3.70. The molecule has 2 aliphatic heterocycles. The van der Waals surface area contributed by atoms with Crippen LogP contribution in [-0.4, -0.2) is 28.2 Å². The van der Waals surface area contributed by atoms with Crippen molar-refractivity contribution in [2.45, 2.75) is 38.1 Å². The van der Waals surface area contributed by atoms with Gasteiger partial charge < -0.3 is 4.90 Å². The highest BCUT2D eigenvalue weighted by molar-refractivity contribution is 8.08. The Morgan fingerprint density at radius 1 is 1.11 bits per heavy atom. The van der Waals surface area contributed by atoms with E-state index < -0.39 is 10.8 Å². The zero-order chi connectivity index (χ0) is 25.6. The molecule has 0 bridgehead atoms. The maximum Gasteiger partial charge on any atom is 0.283 e. The van der Waals surface area contributed by atoms with Crippen molar-refractivity contribution in [2.24, 2.45) is 5.10 Å². The van der Waals surface area contributed by atoms with Crippen LogP contribution in [0.3, 0.4) is 0 Å². The molecule has 1 aromatic heterocycles. The number of nitrogens with zero attached hydrogens (tertiary/aromatic N) is 5. The maximum absolute atomic E-state index is 13.7. The number of carbonyl (C=O) groups is 1. The molecule has 0 saturated carbocycles. The average molecular weight is 522 g/mol. The predicted molar refractivity (Wildman–Crippen MR) is 144 cm³/mol. The van der Waals surface area contributed by atoms with Crippen molar-refractivity contribution in [3.05, 3.63) is 78.2 Å². The first-order chi connectivity index (χ1) is 17.3. The van der Waals surface area contributed by atoms with Gasteiger partial charge in [0.05, 0.1) is 27.6 Å². The van der Waals surface area contributed by atoms with Gasteiger partial charge in [0.25, 0.3) is 17.2 Å². The highest BCUT2D eigenvalue weighted by Gasteiger charge is 2.32. The Morgan fingerprint density at radius 3 is 2.61 bits per heavy atom. The quantitative estimate of drug-likeness (QED) is 0.376. The monoisotopic (exact) mass is 521 g/mol. The molecule has 3 aromatic rings. The van der Waals surface area contributed by atoms with Crippen molar-refractivity contribution in [1.82, 2.24) is 4.57 Å². The molecule has 36 heavy (non-hydrogen) atoms. The summed E-state index contributed by atoms with van der Waals surface area (Å²) in [6.07, 6.45) is 1.68. The first-order valence-corrected chi connectivity index (χ1v) is 13.1. The van der Waals surface area contributed by atoms with Gasteiger partial charge in [0, 0.05) is 30.6 Å². The summed E-state index contributed by atoms with van der Waals surface area (Å²) in [5, 5.41) is 17.7. The van der Waals surface area contributed by atoms with E-state index in [0.29, 0.717) is 32.7 Å². The minimum Gasteiger partial charge on any atom is -0.337 e. The van der Waals surface area contributed by atoms with Crippen LogP contribution in [-0.2, 0) is 11.3 Å². The Kier molecular flexibility index (Phi) is 6.27. The van der Waals surface area contributed by atoms with Gasteiger partial charge >= 0.3 is 0 Å². The molecule has 2 aliphatic rings. The summed E-state index contributed by atoms with van der Waals surface area (Å²) >= 11 is 2.84. The molecule has 0 spiro atoms. The molecule has 3 heterocycles. The summed E-state index contributed by atoms with van der Waals surface area (Å²) in [6.45, 7) is 4.25.